The number of amides is 1. The summed E-state index contributed by atoms with van der Waals surface area (Å²) in [6.07, 6.45) is 0. The zero-order valence-electron chi connectivity index (χ0n) is 13.8. The van der Waals surface area contributed by atoms with Crippen LogP contribution in [0.15, 0.2) is 30.3 Å². The van der Waals surface area contributed by atoms with Crippen LogP contribution in [0, 0.1) is 21.7 Å². The van der Waals surface area contributed by atoms with Gasteiger partial charge < -0.3 is 9.80 Å². The quantitative estimate of drug-likeness (QED) is 0.429. The average molecular weight is 416 g/mol. The zero-order valence-corrected chi connectivity index (χ0v) is 15.3. The van der Waals surface area contributed by atoms with Crippen molar-refractivity contribution >= 4 is 40.5 Å². The molecule has 0 aromatic heterocycles. The standard InChI is InChI=1S/C17H13Cl2F2N3O3/c18-10-1-2-15(16(7-10)24(26)27)22-3-5-23(6-4-22)17(25)11-8-13(20)14(21)9-12(11)19/h1-2,7-9H,3-6H2. The van der Waals surface area contributed by atoms with Gasteiger partial charge in [-0.2, -0.15) is 0 Å². The molecular formula is C17H13Cl2F2N3O3. The van der Waals surface area contributed by atoms with Gasteiger partial charge in [-0.05, 0) is 24.3 Å². The molecule has 1 fully saturated rings. The largest absolute Gasteiger partial charge is 0.362 e. The Labute approximate surface area is 163 Å². The number of halogens is 4. The van der Waals surface area contributed by atoms with E-state index in [1.165, 1.54) is 11.0 Å². The van der Waals surface area contributed by atoms with Gasteiger partial charge in [0.1, 0.15) is 5.69 Å². The predicted molar refractivity (Wildman–Crippen MR) is 97.6 cm³/mol. The second kappa shape index (κ2) is 7.66. The number of carbonyl (C=O) groups excluding carboxylic acids is 1. The van der Waals surface area contributed by atoms with E-state index in [1.54, 1.807) is 17.0 Å². The van der Waals surface area contributed by atoms with E-state index < -0.39 is 22.5 Å². The van der Waals surface area contributed by atoms with E-state index >= 15 is 0 Å². The molecule has 0 atom stereocenters. The monoisotopic (exact) mass is 415 g/mol. The van der Waals surface area contributed by atoms with Crippen molar-refractivity contribution in [1.29, 1.82) is 0 Å². The van der Waals surface area contributed by atoms with Gasteiger partial charge in [0.15, 0.2) is 11.6 Å². The number of anilines is 1. The van der Waals surface area contributed by atoms with Crippen LogP contribution in [-0.4, -0.2) is 41.9 Å². The van der Waals surface area contributed by atoms with E-state index in [1.807, 2.05) is 0 Å². The molecule has 0 saturated carbocycles. The van der Waals surface area contributed by atoms with Gasteiger partial charge in [-0.25, -0.2) is 8.78 Å². The van der Waals surface area contributed by atoms with Crippen LogP contribution < -0.4 is 4.90 Å². The lowest BCUT2D eigenvalue weighted by Crippen LogP contribution is -2.49. The van der Waals surface area contributed by atoms with E-state index in [2.05, 4.69) is 0 Å². The summed E-state index contributed by atoms with van der Waals surface area (Å²) in [4.78, 5) is 26.5. The minimum Gasteiger partial charge on any atom is -0.362 e. The van der Waals surface area contributed by atoms with E-state index in [0.29, 0.717) is 18.8 Å². The first-order valence-corrected chi connectivity index (χ1v) is 8.66. The molecule has 1 amide bonds. The summed E-state index contributed by atoms with van der Waals surface area (Å²) in [6, 6.07) is 5.93. The highest BCUT2D eigenvalue weighted by molar-refractivity contribution is 6.33. The maximum atomic E-state index is 13.4. The number of benzene rings is 2. The van der Waals surface area contributed by atoms with Crippen LogP contribution in [-0.2, 0) is 0 Å². The molecule has 6 nitrogen and oxygen atoms in total. The van der Waals surface area contributed by atoms with Crippen LogP contribution in [0.1, 0.15) is 10.4 Å². The summed E-state index contributed by atoms with van der Waals surface area (Å²) in [5.74, 6) is -2.81. The number of hydrogen-bond acceptors (Lipinski definition) is 4. The molecule has 0 aliphatic carbocycles. The first-order valence-electron chi connectivity index (χ1n) is 7.90. The first kappa shape index (κ1) is 19.3. The van der Waals surface area contributed by atoms with Gasteiger partial charge in [0, 0.05) is 37.3 Å². The van der Waals surface area contributed by atoms with E-state index in [4.69, 9.17) is 23.2 Å². The highest BCUT2D eigenvalue weighted by Gasteiger charge is 2.28. The first-order chi connectivity index (χ1) is 12.8. The highest BCUT2D eigenvalue weighted by atomic mass is 35.5. The molecule has 0 unspecified atom stereocenters. The lowest BCUT2D eigenvalue weighted by Gasteiger charge is -2.36. The van der Waals surface area contributed by atoms with Gasteiger partial charge in [-0.3, -0.25) is 14.9 Å². The Morgan fingerprint density at radius 2 is 1.67 bits per heavy atom. The minimum absolute atomic E-state index is 0.120. The van der Waals surface area contributed by atoms with Gasteiger partial charge in [0.05, 0.1) is 15.5 Å². The molecular weight excluding hydrogens is 403 g/mol. The fourth-order valence-corrected chi connectivity index (χ4v) is 3.31. The molecule has 1 saturated heterocycles. The Bertz CT molecular complexity index is 919. The molecule has 10 heteroatoms. The number of hydrogen-bond donors (Lipinski definition) is 0. The van der Waals surface area contributed by atoms with Crippen molar-refractivity contribution in [3.8, 4) is 0 Å². The molecule has 1 aliphatic heterocycles. The van der Waals surface area contributed by atoms with Crippen molar-refractivity contribution < 1.29 is 18.5 Å². The number of carbonyl (C=O) groups is 1. The molecule has 142 valence electrons. The summed E-state index contributed by atoms with van der Waals surface area (Å²) < 4.78 is 26.6. The average Bonchev–Trinajstić information content (AvgIpc) is 2.64. The third-order valence-corrected chi connectivity index (χ3v) is 4.83. The Balaban J connectivity index is 1.75. The number of nitro benzene ring substituents is 1. The predicted octanol–water partition coefficient (Wildman–Crippen LogP) is 4.14. The van der Waals surface area contributed by atoms with Crippen LogP contribution in [0.5, 0.6) is 0 Å². The number of nitro groups is 1. The summed E-state index contributed by atoms with van der Waals surface area (Å²) in [6.45, 7) is 1.15. The van der Waals surface area contributed by atoms with Crippen molar-refractivity contribution in [3.63, 3.8) is 0 Å². The molecule has 2 aromatic carbocycles. The Hall–Kier alpha value is -2.45. The second-order valence-electron chi connectivity index (χ2n) is 5.92. The lowest BCUT2D eigenvalue weighted by atomic mass is 10.1. The van der Waals surface area contributed by atoms with Crippen molar-refractivity contribution in [2.45, 2.75) is 0 Å². The van der Waals surface area contributed by atoms with Gasteiger partial charge in [0.2, 0.25) is 0 Å². The normalized spacial score (nSPS) is 14.4. The molecule has 1 aliphatic rings. The van der Waals surface area contributed by atoms with Gasteiger partial charge in [0.25, 0.3) is 11.6 Å². The fourth-order valence-electron chi connectivity index (χ4n) is 2.92. The second-order valence-corrected chi connectivity index (χ2v) is 6.76. The van der Waals surface area contributed by atoms with Gasteiger partial charge >= 0.3 is 0 Å². The molecule has 0 radical (unpaired) electrons. The highest BCUT2D eigenvalue weighted by Crippen LogP contribution is 2.32. The molecule has 27 heavy (non-hydrogen) atoms. The zero-order chi connectivity index (χ0) is 19.7. The van der Waals surface area contributed by atoms with E-state index in [-0.39, 0.29) is 34.4 Å². The maximum absolute atomic E-state index is 13.4. The van der Waals surface area contributed by atoms with Gasteiger partial charge in [-0.15, -0.1) is 0 Å². The Kier molecular flexibility index (Phi) is 5.48. The molecule has 1 heterocycles. The molecule has 2 aromatic rings. The van der Waals surface area contributed by atoms with Crippen molar-refractivity contribution in [2.24, 2.45) is 0 Å². The van der Waals surface area contributed by atoms with Crippen LogP contribution in [0.25, 0.3) is 0 Å². The summed E-state index contributed by atoms with van der Waals surface area (Å²) in [7, 11) is 0. The third kappa shape index (κ3) is 3.96. The van der Waals surface area contributed by atoms with Crippen LogP contribution in [0.4, 0.5) is 20.2 Å². The van der Waals surface area contributed by atoms with E-state index in [9.17, 15) is 23.7 Å². The van der Waals surface area contributed by atoms with Gasteiger partial charge in [-0.1, -0.05) is 23.2 Å². The topological polar surface area (TPSA) is 66.7 Å². The molecule has 3 rings (SSSR count). The Morgan fingerprint density at radius 3 is 2.30 bits per heavy atom. The SMILES string of the molecule is O=C(c1cc(F)c(F)cc1Cl)N1CCN(c2ccc(Cl)cc2[N+](=O)[O-])CC1. The third-order valence-electron chi connectivity index (χ3n) is 4.28. The van der Waals surface area contributed by atoms with E-state index in [0.717, 1.165) is 12.1 Å². The van der Waals surface area contributed by atoms with Crippen molar-refractivity contribution in [3.05, 3.63) is 67.7 Å². The van der Waals surface area contributed by atoms with Crippen molar-refractivity contribution in [1.82, 2.24) is 4.90 Å². The molecule has 0 N–H and O–H groups in total. The lowest BCUT2D eigenvalue weighted by molar-refractivity contribution is -0.384. The maximum Gasteiger partial charge on any atom is 0.294 e. The summed E-state index contributed by atoms with van der Waals surface area (Å²) in [5.41, 5.74) is 0.162. The van der Waals surface area contributed by atoms with Crippen LogP contribution >= 0.6 is 23.2 Å². The summed E-state index contributed by atoms with van der Waals surface area (Å²) >= 11 is 11.7. The number of nitrogens with zero attached hydrogens (tertiary/aromatic N) is 3. The fraction of sp³-hybridized carbons (Fsp3) is 0.235. The Morgan fingerprint density at radius 1 is 1.04 bits per heavy atom. The van der Waals surface area contributed by atoms with Crippen molar-refractivity contribution in [2.75, 3.05) is 31.1 Å². The molecule has 0 bridgehead atoms. The van der Waals surface area contributed by atoms with Crippen LogP contribution in [0.3, 0.4) is 0 Å². The number of rotatable bonds is 3. The summed E-state index contributed by atoms with van der Waals surface area (Å²) in [5, 5.41) is 11.3. The van der Waals surface area contributed by atoms with Crippen LogP contribution in [0.2, 0.25) is 10.0 Å². The smallest absolute Gasteiger partial charge is 0.294 e. The number of piperazine rings is 1. The molecule has 0 spiro atoms. The minimum atomic E-state index is -1.15.